The molecular weight excluding hydrogens is 435 g/mol. The second kappa shape index (κ2) is 8.18. The molecule has 0 atom stereocenters. The van der Waals surface area contributed by atoms with Gasteiger partial charge < -0.3 is 15.5 Å². The van der Waals surface area contributed by atoms with Crippen molar-refractivity contribution in [3.05, 3.63) is 50.5 Å². The van der Waals surface area contributed by atoms with E-state index >= 15 is 0 Å². The smallest absolute Gasteiger partial charge is 0.265 e. The molecule has 1 aromatic carbocycles. The third-order valence-electron chi connectivity index (χ3n) is 3.33. The highest BCUT2D eigenvalue weighted by Gasteiger charge is 2.13. The first-order chi connectivity index (χ1) is 12.8. The van der Waals surface area contributed by atoms with Crippen molar-refractivity contribution >= 4 is 63.1 Å². The zero-order valence-electron chi connectivity index (χ0n) is 13.4. The number of nitrogens with two attached hydrogens (primary N) is 1. The van der Waals surface area contributed by atoms with Gasteiger partial charge in [0.2, 0.25) is 0 Å². The van der Waals surface area contributed by atoms with Crippen LogP contribution in [0.25, 0.3) is 11.3 Å². The van der Waals surface area contributed by atoms with Gasteiger partial charge in [-0.3, -0.25) is 14.9 Å². The number of H-pyrrole nitrogens is 1. The van der Waals surface area contributed by atoms with Crippen LogP contribution >= 0.6 is 46.1 Å². The normalized spacial score (nSPS) is 10.6. The first-order valence-electron chi connectivity index (χ1n) is 7.35. The van der Waals surface area contributed by atoms with E-state index in [1.165, 1.54) is 23.5 Å². The Bertz CT molecular complexity index is 1020. The lowest BCUT2D eigenvalue weighted by Gasteiger charge is -2.08. The molecule has 3 aromatic rings. The molecule has 4 N–H and O–H groups in total. The third kappa shape index (κ3) is 4.72. The van der Waals surface area contributed by atoms with E-state index in [9.17, 15) is 9.59 Å². The van der Waals surface area contributed by atoms with Crippen molar-refractivity contribution in [2.45, 2.75) is 0 Å². The van der Waals surface area contributed by atoms with Crippen molar-refractivity contribution in [1.82, 2.24) is 9.97 Å². The molecule has 27 heavy (non-hydrogen) atoms. The van der Waals surface area contributed by atoms with Gasteiger partial charge in [0.1, 0.15) is 11.4 Å². The lowest BCUT2D eigenvalue weighted by atomic mass is 10.2. The van der Waals surface area contributed by atoms with E-state index in [1.807, 2.05) is 0 Å². The SMILES string of the molecule is NC(=O)c1cc(-c2csc(NC(=O)COc3cc(Cl)c(Cl)cc3Cl)n2)c[nH]1. The molecule has 0 saturated carbocycles. The number of aromatic amines is 1. The van der Waals surface area contributed by atoms with E-state index < -0.39 is 11.8 Å². The Morgan fingerprint density at radius 3 is 2.63 bits per heavy atom. The Balaban J connectivity index is 1.61. The van der Waals surface area contributed by atoms with Crippen LogP contribution in [0, 0.1) is 0 Å². The van der Waals surface area contributed by atoms with Crippen molar-refractivity contribution in [2.24, 2.45) is 5.73 Å². The summed E-state index contributed by atoms with van der Waals surface area (Å²) < 4.78 is 5.36. The maximum atomic E-state index is 12.0. The molecule has 0 spiro atoms. The summed E-state index contributed by atoms with van der Waals surface area (Å²) in [6.45, 7) is -0.289. The number of amides is 2. The number of nitrogens with zero attached hydrogens (tertiary/aromatic N) is 1. The van der Waals surface area contributed by atoms with Crippen LogP contribution in [0.3, 0.4) is 0 Å². The molecule has 0 bridgehead atoms. The molecule has 7 nitrogen and oxygen atoms in total. The van der Waals surface area contributed by atoms with Gasteiger partial charge >= 0.3 is 0 Å². The molecular formula is C16H11Cl3N4O3S. The molecule has 0 saturated heterocycles. The first kappa shape index (κ1) is 19.5. The van der Waals surface area contributed by atoms with Crippen molar-refractivity contribution in [2.75, 3.05) is 11.9 Å². The predicted molar refractivity (Wildman–Crippen MR) is 106 cm³/mol. The van der Waals surface area contributed by atoms with Gasteiger partial charge in [0.15, 0.2) is 11.7 Å². The number of carbonyl (C=O) groups excluding carboxylic acids is 2. The number of rotatable bonds is 6. The number of aromatic nitrogens is 2. The standard InChI is InChI=1S/C16H11Cl3N4O3S/c17-8-2-10(19)13(3-9(8)18)26-5-14(24)23-16-22-12(6-27-16)7-1-11(15(20)25)21-4-7/h1-4,6,21H,5H2,(H2,20,25)(H,22,23,24). The van der Waals surface area contributed by atoms with Crippen LogP contribution in [-0.2, 0) is 4.79 Å². The van der Waals surface area contributed by atoms with Crippen LogP contribution < -0.4 is 15.8 Å². The van der Waals surface area contributed by atoms with E-state index in [1.54, 1.807) is 17.6 Å². The fourth-order valence-electron chi connectivity index (χ4n) is 2.06. The molecule has 11 heteroatoms. The van der Waals surface area contributed by atoms with E-state index in [0.29, 0.717) is 16.4 Å². The van der Waals surface area contributed by atoms with Crippen molar-refractivity contribution < 1.29 is 14.3 Å². The number of hydrogen-bond donors (Lipinski definition) is 3. The summed E-state index contributed by atoms with van der Waals surface area (Å²) in [5, 5.41) is 5.53. The van der Waals surface area contributed by atoms with Crippen molar-refractivity contribution in [1.29, 1.82) is 0 Å². The monoisotopic (exact) mass is 444 g/mol. The number of anilines is 1. The summed E-state index contributed by atoms with van der Waals surface area (Å²) >= 11 is 19.0. The van der Waals surface area contributed by atoms with E-state index in [2.05, 4.69) is 15.3 Å². The highest BCUT2D eigenvalue weighted by Crippen LogP contribution is 2.33. The quantitative estimate of drug-likeness (QED) is 0.493. The van der Waals surface area contributed by atoms with Gasteiger partial charge in [-0.2, -0.15) is 0 Å². The topological polar surface area (TPSA) is 110 Å². The molecule has 0 unspecified atom stereocenters. The minimum absolute atomic E-state index is 0.242. The van der Waals surface area contributed by atoms with Crippen LogP contribution in [0.15, 0.2) is 29.8 Å². The van der Waals surface area contributed by atoms with Crippen LogP contribution in [0.5, 0.6) is 5.75 Å². The zero-order valence-corrected chi connectivity index (χ0v) is 16.5. The fraction of sp³-hybridized carbons (Fsp3) is 0.0625. The summed E-state index contributed by atoms with van der Waals surface area (Å²) in [7, 11) is 0. The van der Waals surface area contributed by atoms with Crippen LogP contribution in [0.2, 0.25) is 15.1 Å². The first-order valence-corrected chi connectivity index (χ1v) is 9.36. The van der Waals surface area contributed by atoms with Crippen molar-refractivity contribution in [3.8, 4) is 17.0 Å². The third-order valence-corrected chi connectivity index (χ3v) is 5.10. The second-order valence-corrected chi connectivity index (χ2v) is 7.32. The average Bonchev–Trinajstić information content (AvgIpc) is 3.26. The van der Waals surface area contributed by atoms with Crippen LogP contribution in [0.1, 0.15) is 10.5 Å². The molecule has 2 heterocycles. The highest BCUT2D eigenvalue weighted by molar-refractivity contribution is 7.14. The fourth-order valence-corrected chi connectivity index (χ4v) is 3.39. The number of nitrogens with one attached hydrogen (secondary N) is 2. The van der Waals surface area contributed by atoms with Crippen molar-refractivity contribution in [3.63, 3.8) is 0 Å². The summed E-state index contributed by atoms with van der Waals surface area (Å²) in [6, 6.07) is 4.45. The molecule has 0 radical (unpaired) electrons. The van der Waals surface area contributed by atoms with Gasteiger partial charge in [-0.25, -0.2) is 4.98 Å². The molecule has 2 amide bonds. The second-order valence-electron chi connectivity index (χ2n) is 5.24. The lowest BCUT2D eigenvalue weighted by molar-refractivity contribution is -0.118. The van der Waals surface area contributed by atoms with Crippen LogP contribution in [-0.4, -0.2) is 28.4 Å². The number of hydrogen-bond acceptors (Lipinski definition) is 5. The predicted octanol–water partition coefficient (Wildman–Crippen LogP) is 4.21. The van der Waals surface area contributed by atoms with Gasteiger partial charge in [-0.15, -0.1) is 11.3 Å². The number of benzene rings is 1. The Labute approximate surface area is 172 Å². The van der Waals surface area contributed by atoms with E-state index in [-0.39, 0.29) is 33.1 Å². The maximum absolute atomic E-state index is 12.0. The zero-order chi connectivity index (χ0) is 19.6. The molecule has 0 aliphatic heterocycles. The average molecular weight is 446 g/mol. The number of thiazole rings is 1. The van der Waals surface area contributed by atoms with E-state index in [4.69, 9.17) is 45.3 Å². The maximum Gasteiger partial charge on any atom is 0.265 e. The van der Waals surface area contributed by atoms with Gasteiger partial charge in [0, 0.05) is 23.2 Å². The summed E-state index contributed by atoms with van der Waals surface area (Å²) in [4.78, 5) is 30.2. The minimum atomic E-state index is -0.567. The molecule has 0 aliphatic carbocycles. The number of primary amides is 1. The largest absolute Gasteiger partial charge is 0.482 e. The van der Waals surface area contributed by atoms with Gasteiger partial charge in [-0.1, -0.05) is 34.8 Å². The lowest BCUT2D eigenvalue weighted by Crippen LogP contribution is -2.20. The molecule has 2 aromatic heterocycles. The molecule has 0 fully saturated rings. The Hall–Kier alpha value is -2.26. The number of ether oxygens (including phenoxy) is 1. The van der Waals surface area contributed by atoms with Crippen LogP contribution in [0.4, 0.5) is 5.13 Å². The highest BCUT2D eigenvalue weighted by atomic mass is 35.5. The summed E-state index contributed by atoms with van der Waals surface area (Å²) in [5.41, 5.74) is 6.75. The van der Waals surface area contributed by atoms with E-state index in [0.717, 1.165) is 0 Å². The number of halogens is 3. The molecule has 140 valence electrons. The van der Waals surface area contributed by atoms with Gasteiger partial charge in [0.25, 0.3) is 11.8 Å². The Morgan fingerprint density at radius 2 is 1.93 bits per heavy atom. The Kier molecular flexibility index (Phi) is 5.91. The van der Waals surface area contributed by atoms with Gasteiger partial charge in [0.05, 0.1) is 20.8 Å². The molecule has 3 rings (SSSR count). The Morgan fingerprint density at radius 1 is 1.19 bits per heavy atom. The van der Waals surface area contributed by atoms with Gasteiger partial charge in [-0.05, 0) is 12.1 Å². The number of carbonyl (C=O) groups is 2. The summed E-state index contributed by atoms with van der Waals surface area (Å²) in [5.74, 6) is -0.750. The molecule has 0 aliphatic rings. The summed E-state index contributed by atoms with van der Waals surface area (Å²) in [6.07, 6.45) is 1.61. The minimum Gasteiger partial charge on any atom is -0.482 e.